The molecular weight excluding hydrogens is 204 g/mol. The molecule has 0 atom stereocenters. The molecule has 0 bridgehead atoms. The van der Waals surface area contributed by atoms with Crippen LogP contribution in [0.1, 0.15) is 24.5 Å². The maximum atomic E-state index is 4.08. The summed E-state index contributed by atoms with van der Waals surface area (Å²) in [6, 6.07) is 2.09. The first kappa shape index (κ1) is 12.5. The van der Waals surface area contributed by atoms with Gasteiger partial charge in [-0.1, -0.05) is 6.92 Å². The third kappa shape index (κ3) is 5.19. The van der Waals surface area contributed by atoms with E-state index >= 15 is 0 Å². The van der Waals surface area contributed by atoms with Crippen LogP contribution in [-0.4, -0.2) is 23.0 Å². The lowest BCUT2D eigenvalue weighted by Crippen LogP contribution is -2.16. The molecule has 0 aromatic carbocycles. The van der Waals surface area contributed by atoms with Gasteiger partial charge in [-0.25, -0.2) is 0 Å². The molecule has 84 valence electrons. The Morgan fingerprint density at radius 3 is 3.07 bits per heavy atom. The van der Waals surface area contributed by atoms with E-state index < -0.39 is 0 Å². The molecule has 0 aliphatic carbocycles. The highest BCUT2D eigenvalue weighted by Crippen LogP contribution is 2.04. The third-order valence-electron chi connectivity index (χ3n) is 2.30. The van der Waals surface area contributed by atoms with Crippen LogP contribution < -0.4 is 5.32 Å². The number of thioether (sulfide) groups is 1. The first-order valence-corrected chi connectivity index (χ1v) is 6.68. The molecule has 0 unspecified atom stereocenters. The van der Waals surface area contributed by atoms with Gasteiger partial charge < -0.3 is 5.32 Å². The summed E-state index contributed by atoms with van der Waals surface area (Å²) in [5.41, 5.74) is 2.63. The Bertz CT molecular complexity index is 276. The number of nitrogens with one attached hydrogen (secondary N) is 1. The van der Waals surface area contributed by atoms with Crippen LogP contribution in [0.25, 0.3) is 0 Å². The van der Waals surface area contributed by atoms with Crippen LogP contribution in [0.5, 0.6) is 0 Å². The lowest BCUT2D eigenvalue weighted by atomic mass is 10.1. The van der Waals surface area contributed by atoms with Crippen LogP contribution in [-0.2, 0) is 6.54 Å². The maximum absolute atomic E-state index is 4.08. The predicted octanol–water partition coefficient (Wildman–Crippen LogP) is 2.62. The predicted molar refractivity (Wildman–Crippen MR) is 68.3 cm³/mol. The van der Waals surface area contributed by atoms with Crippen LogP contribution in [0.4, 0.5) is 0 Å². The molecule has 1 N–H and O–H groups in total. The van der Waals surface area contributed by atoms with Crippen LogP contribution >= 0.6 is 11.8 Å². The summed E-state index contributed by atoms with van der Waals surface area (Å²) in [5.74, 6) is 2.49. The standard InChI is InChI=1S/C12H20N2S/c1-3-15-8-4-6-13-10-12-5-7-14-9-11(12)2/h5,7,9,13H,3-4,6,8,10H2,1-2H3. The average Bonchev–Trinajstić information content (AvgIpc) is 2.25. The maximum Gasteiger partial charge on any atom is 0.0300 e. The van der Waals surface area contributed by atoms with Gasteiger partial charge in [0.05, 0.1) is 0 Å². The zero-order valence-electron chi connectivity index (χ0n) is 9.62. The number of aryl methyl sites for hydroxylation is 1. The van der Waals surface area contributed by atoms with Gasteiger partial charge in [0.1, 0.15) is 0 Å². The minimum absolute atomic E-state index is 0.963. The van der Waals surface area contributed by atoms with Gasteiger partial charge in [-0.15, -0.1) is 0 Å². The second kappa shape index (κ2) is 7.71. The molecular formula is C12H20N2S. The van der Waals surface area contributed by atoms with E-state index in [-0.39, 0.29) is 0 Å². The van der Waals surface area contributed by atoms with Gasteiger partial charge in [0.2, 0.25) is 0 Å². The Labute approximate surface area is 96.9 Å². The number of pyridine rings is 1. The summed E-state index contributed by atoms with van der Waals surface area (Å²) in [7, 11) is 0. The number of rotatable bonds is 7. The topological polar surface area (TPSA) is 24.9 Å². The van der Waals surface area contributed by atoms with Gasteiger partial charge in [-0.3, -0.25) is 4.98 Å². The molecule has 1 aromatic rings. The fourth-order valence-corrected chi connectivity index (χ4v) is 2.00. The number of aromatic nitrogens is 1. The monoisotopic (exact) mass is 224 g/mol. The van der Waals surface area contributed by atoms with Gasteiger partial charge in [0, 0.05) is 18.9 Å². The van der Waals surface area contributed by atoms with Crippen molar-refractivity contribution >= 4 is 11.8 Å². The Hall–Kier alpha value is -0.540. The zero-order valence-corrected chi connectivity index (χ0v) is 10.4. The van der Waals surface area contributed by atoms with Crippen molar-refractivity contribution in [1.82, 2.24) is 10.3 Å². The lowest BCUT2D eigenvalue weighted by Gasteiger charge is -2.06. The number of hydrogen-bond donors (Lipinski definition) is 1. The molecule has 0 aliphatic heterocycles. The summed E-state index contributed by atoms with van der Waals surface area (Å²) in [6.45, 7) is 6.38. The molecule has 3 heteroatoms. The van der Waals surface area contributed by atoms with E-state index in [0.29, 0.717) is 0 Å². The van der Waals surface area contributed by atoms with E-state index in [4.69, 9.17) is 0 Å². The van der Waals surface area contributed by atoms with Crippen molar-refractivity contribution in [2.75, 3.05) is 18.1 Å². The van der Waals surface area contributed by atoms with Gasteiger partial charge in [0.15, 0.2) is 0 Å². The smallest absolute Gasteiger partial charge is 0.0300 e. The molecule has 0 fully saturated rings. The molecule has 1 aromatic heterocycles. The van der Waals surface area contributed by atoms with Crippen molar-refractivity contribution in [3.63, 3.8) is 0 Å². The molecule has 0 radical (unpaired) electrons. The van der Waals surface area contributed by atoms with Crippen molar-refractivity contribution in [2.24, 2.45) is 0 Å². The highest BCUT2D eigenvalue weighted by atomic mass is 32.2. The second-order valence-electron chi connectivity index (χ2n) is 3.53. The highest BCUT2D eigenvalue weighted by molar-refractivity contribution is 7.99. The fourth-order valence-electron chi connectivity index (χ4n) is 1.37. The molecule has 0 spiro atoms. The SMILES string of the molecule is CCSCCCNCc1ccncc1C. The van der Waals surface area contributed by atoms with Crippen molar-refractivity contribution in [1.29, 1.82) is 0 Å². The summed E-state index contributed by atoms with van der Waals surface area (Å²) in [6.07, 6.45) is 5.03. The molecule has 0 amide bonds. The van der Waals surface area contributed by atoms with Crippen molar-refractivity contribution in [2.45, 2.75) is 26.8 Å². The highest BCUT2D eigenvalue weighted by Gasteiger charge is 1.96. The van der Waals surface area contributed by atoms with Gasteiger partial charge in [-0.05, 0) is 48.6 Å². The third-order valence-corrected chi connectivity index (χ3v) is 3.28. The molecule has 0 aliphatic rings. The largest absolute Gasteiger partial charge is 0.313 e. The van der Waals surface area contributed by atoms with Crippen LogP contribution in [0, 0.1) is 6.92 Å². The number of nitrogens with zero attached hydrogens (tertiary/aromatic N) is 1. The Balaban J connectivity index is 2.12. The van der Waals surface area contributed by atoms with Crippen LogP contribution in [0.3, 0.4) is 0 Å². The minimum atomic E-state index is 0.963. The average molecular weight is 224 g/mol. The summed E-state index contributed by atoms with van der Waals surface area (Å²) in [4.78, 5) is 4.08. The van der Waals surface area contributed by atoms with E-state index in [0.717, 1.165) is 13.1 Å². The Morgan fingerprint density at radius 1 is 1.47 bits per heavy atom. The van der Waals surface area contributed by atoms with E-state index in [1.54, 1.807) is 0 Å². The van der Waals surface area contributed by atoms with E-state index in [2.05, 4.69) is 30.2 Å². The van der Waals surface area contributed by atoms with Crippen LogP contribution in [0.2, 0.25) is 0 Å². The molecule has 0 saturated carbocycles. The first-order valence-electron chi connectivity index (χ1n) is 5.52. The van der Waals surface area contributed by atoms with Crippen molar-refractivity contribution in [3.05, 3.63) is 29.6 Å². The van der Waals surface area contributed by atoms with Crippen LogP contribution in [0.15, 0.2) is 18.5 Å². The lowest BCUT2D eigenvalue weighted by molar-refractivity contribution is 0.676. The van der Waals surface area contributed by atoms with E-state index in [1.807, 2.05) is 24.2 Å². The van der Waals surface area contributed by atoms with Gasteiger partial charge >= 0.3 is 0 Å². The number of hydrogen-bond acceptors (Lipinski definition) is 3. The van der Waals surface area contributed by atoms with E-state index in [9.17, 15) is 0 Å². The minimum Gasteiger partial charge on any atom is -0.313 e. The Morgan fingerprint density at radius 2 is 2.33 bits per heavy atom. The summed E-state index contributed by atoms with van der Waals surface area (Å²) >= 11 is 2.01. The van der Waals surface area contributed by atoms with Gasteiger partial charge in [0.25, 0.3) is 0 Å². The first-order chi connectivity index (χ1) is 7.34. The normalized spacial score (nSPS) is 10.5. The van der Waals surface area contributed by atoms with Crippen molar-refractivity contribution < 1.29 is 0 Å². The molecule has 15 heavy (non-hydrogen) atoms. The summed E-state index contributed by atoms with van der Waals surface area (Å²) in [5, 5.41) is 3.46. The zero-order chi connectivity index (χ0) is 10.9. The second-order valence-corrected chi connectivity index (χ2v) is 4.92. The molecule has 2 nitrogen and oxygen atoms in total. The quantitative estimate of drug-likeness (QED) is 0.721. The molecule has 0 saturated heterocycles. The van der Waals surface area contributed by atoms with E-state index in [1.165, 1.54) is 29.1 Å². The fraction of sp³-hybridized carbons (Fsp3) is 0.583. The van der Waals surface area contributed by atoms with Gasteiger partial charge in [-0.2, -0.15) is 11.8 Å². The summed E-state index contributed by atoms with van der Waals surface area (Å²) < 4.78 is 0. The molecule has 1 rings (SSSR count). The molecule has 1 heterocycles. The Kier molecular flexibility index (Phi) is 6.44. The van der Waals surface area contributed by atoms with Crippen molar-refractivity contribution in [3.8, 4) is 0 Å².